The molecule has 0 spiro atoms. The van der Waals surface area contributed by atoms with Crippen molar-refractivity contribution in [1.29, 1.82) is 0 Å². The molecule has 1 fully saturated rings. The molecule has 35 heavy (non-hydrogen) atoms. The molecule has 3 atom stereocenters. The summed E-state index contributed by atoms with van der Waals surface area (Å²) in [4.78, 5) is 16.0. The molecule has 2 aliphatic heterocycles. The molecular weight excluding hydrogens is 458 g/mol. The molecule has 2 N–H and O–H groups in total. The predicted molar refractivity (Wildman–Crippen MR) is 142 cm³/mol. The first-order chi connectivity index (χ1) is 16.7. The molecule has 1 saturated heterocycles. The molecule has 0 unspecified atom stereocenters. The molecule has 0 aromatic heterocycles. The van der Waals surface area contributed by atoms with E-state index in [1.165, 1.54) is 0 Å². The lowest BCUT2D eigenvalue weighted by atomic mass is 9.78. The van der Waals surface area contributed by atoms with Crippen LogP contribution in [0.4, 0.5) is 11.4 Å². The third kappa shape index (κ3) is 3.71. The van der Waals surface area contributed by atoms with Crippen LogP contribution in [0.5, 0.6) is 11.5 Å². The first-order valence-corrected chi connectivity index (χ1v) is 12.1. The van der Waals surface area contributed by atoms with Crippen molar-refractivity contribution in [2.24, 2.45) is 5.92 Å². The summed E-state index contributed by atoms with van der Waals surface area (Å²) >= 11 is 5.86. The Hall–Kier alpha value is -3.58. The third-order valence-electron chi connectivity index (χ3n) is 6.99. The van der Waals surface area contributed by atoms with Gasteiger partial charge in [-0.2, -0.15) is 0 Å². The summed E-state index contributed by atoms with van der Waals surface area (Å²) in [5, 5.41) is 7.13. The number of methoxy groups -OCH3 is 1. The van der Waals surface area contributed by atoms with E-state index < -0.39 is 17.7 Å². The lowest BCUT2D eigenvalue weighted by molar-refractivity contribution is -0.130. The number of rotatable bonds is 4. The smallest absolute Gasteiger partial charge is 0.236 e. The Kier molecular flexibility index (Phi) is 5.68. The maximum Gasteiger partial charge on any atom is 0.236 e. The van der Waals surface area contributed by atoms with E-state index in [9.17, 15) is 4.79 Å². The third-order valence-corrected chi connectivity index (χ3v) is 7.29. The van der Waals surface area contributed by atoms with Gasteiger partial charge < -0.3 is 20.1 Å². The van der Waals surface area contributed by atoms with E-state index in [1.807, 2.05) is 87.2 Å². The van der Waals surface area contributed by atoms with Gasteiger partial charge in [-0.3, -0.25) is 9.69 Å². The van der Waals surface area contributed by atoms with E-state index in [4.69, 9.17) is 21.7 Å². The number of nitrogens with zero attached hydrogens (tertiary/aromatic N) is 1. The lowest BCUT2D eigenvalue weighted by Crippen LogP contribution is -2.72. The quantitative estimate of drug-likeness (QED) is 0.479. The van der Waals surface area contributed by atoms with Crippen LogP contribution in [-0.2, 0) is 4.79 Å². The highest BCUT2D eigenvalue weighted by Crippen LogP contribution is 2.52. The Morgan fingerprint density at radius 1 is 1.09 bits per heavy atom. The molecule has 3 aromatic rings. The van der Waals surface area contributed by atoms with E-state index in [0.717, 1.165) is 33.6 Å². The number of anilines is 2. The molecule has 3 aromatic carbocycles. The number of aryl methyl sites for hydroxylation is 3. The summed E-state index contributed by atoms with van der Waals surface area (Å²) in [6, 6.07) is 19.3. The van der Waals surface area contributed by atoms with Crippen molar-refractivity contribution < 1.29 is 14.3 Å². The maximum absolute atomic E-state index is 14.0. The van der Waals surface area contributed by atoms with Crippen LogP contribution in [-0.4, -0.2) is 23.9 Å². The van der Waals surface area contributed by atoms with Gasteiger partial charge in [0.1, 0.15) is 5.92 Å². The minimum atomic E-state index is -1.11. The number of benzene rings is 3. The number of fused-ring (bicyclic) bond motifs is 4. The lowest BCUT2D eigenvalue weighted by Gasteiger charge is -2.56. The zero-order valence-corrected chi connectivity index (χ0v) is 21.3. The van der Waals surface area contributed by atoms with Gasteiger partial charge in [-0.15, -0.1) is 0 Å². The zero-order chi connectivity index (χ0) is 24.9. The van der Waals surface area contributed by atoms with Crippen molar-refractivity contribution in [2.45, 2.75) is 39.5 Å². The second-order valence-electron chi connectivity index (χ2n) is 9.37. The fourth-order valence-corrected chi connectivity index (χ4v) is 5.68. The Morgan fingerprint density at radius 3 is 2.57 bits per heavy atom. The fraction of sp³-hybridized carbons (Fsp3) is 0.286. The molecule has 0 radical (unpaired) electrons. The van der Waals surface area contributed by atoms with E-state index in [-0.39, 0.29) is 5.91 Å². The Morgan fingerprint density at radius 2 is 1.86 bits per heavy atom. The Labute approximate surface area is 211 Å². The molecular formula is C28H29N3O3S. The van der Waals surface area contributed by atoms with E-state index in [0.29, 0.717) is 16.6 Å². The van der Waals surface area contributed by atoms with Gasteiger partial charge in [0, 0.05) is 16.9 Å². The van der Waals surface area contributed by atoms with Crippen LogP contribution in [0.15, 0.2) is 60.7 Å². The molecule has 2 heterocycles. The minimum absolute atomic E-state index is 0.147. The van der Waals surface area contributed by atoms with E-state index in [2.05, 4.69) is 16.7 Å². The van der Waals surface area contributed by atoms with Crippen molar-refractivity contribution in [1.82, 2.24) is 5.32 Å². The van der Waals surface area contributed by atoms with Crippen LogP contribution >= 0.6 is 12.2 Å². The minimum Gasteiger partial charge on any atom is -0.493 e. The van der Waals surface area contributed by atoms with Crippen LogP contribution in [0, 0.1) is 26.7 Å². The second kappa shape index (κ2) is 8.57. The fourth-order valence-electron chi connectivity index (χ4n) is 5.27. The highest BCUT2D eigenvalue weighted by molar-refractivity contribution is 7.80. The summed E-state index contributed by atoms with van der Waals surface area (Å²) in [6.45, 7) is 7.99. The first-order valence-electron chi connectivity index (χ1n) is 11.6. The monoisotopic (exact) mass is 487 g/mol. The second-order valence-corrected chi connectivity index (χ2v) is 9.76. The number of ether oxygens (including phenoxy) is 2. The van der Waals surface area contributed by atoms with Crippen LogP contribution in [0.3, 0.4) is 0 Å². The van der Waals surface area contributed by atoms with Gasteiger partial charge in [-0.1, -0.05) is 48.0 Å². The number of carbonyl (C=O) groups excluding carboxylic acids is 1. The molecule has 2 aliphatic rings. The normalized spacial score (nSPS) is 22.5. The van der Waals surface area contributed by atoms with Crippen molar-refractivity contribution in [3.05, 3.63) is 82.9 Å². The summed E-state index contributed by atoms with van der Waals surface area (Å²) in [6.07, 6.45) is 0. The largest absolute Gasteiger partial charge is 0.493 e. The standard InChI is InChI=1S/C28H29N3O3S/c1-16-13-14-20(18(3)15-16)29-26(32)23-24-19-10-8-12-22(33-5)25(19)34-28(23,4)31(27(35)30-24)21-11-7-6-9-17(21)2/h6-15,23-24H,1-5H3,(H,29,32)(H,30,35)/t23-,24-,28-/m0/s1. The number of carbonyl (C=O) groups is 1. The van der Waals surface area contributed by atoms with Gasteiger partial charge in [-0.25, -0.2) is 0 Å². The highest BCUT2D eigenvalue weighted by Gasteiger charge is 2.59. The van der Waals surface area contributed by atoms with Crippen LogP contribution in [0.25, 0.3) is 0 Å². The molecule has 0 saturated carbocycles. The zero-order valence-electron chi connectivity index (χ0n) is 20.5. The molecule has 0 aliphatic carbocycles. The summed E-state index contributed by atoms with van der Waals surface area (Å²) in [7, 11) is 1.62. The van der Waals surface area contributed by atoms with Crippen molar-refractivity contribution >= 4 is 34.6 Å². The number of nitrogens with one attached hydrogen (secondary N) is 2. The van der Waals surface area contributed by atoms with Gasteiger partial charge in [0.05, 0.1) is 13.2 Å². The van der Waals surface area contributed by atoms with E-state index >= 15 is 0 Å². The summed E-state index contributed by atoms with van der Waals surface area (Å²) < 4.78 is 12.4. The van der Waals surface area contributed by atoms with Crippen LogP contribution in [0.2, 0.25) is 0 Å². The predicted octanol–water partition coefficient (Wildman–Crippen LogP) is 5.42. The van der Waals surface area contributed by atoms with Crippen molar-refractivity contribution in [3.8, 4) is 11.5 Å². The van der Waals surface area contributed by atoms with Gasteiger partial charge in [-0.05, 0) is 69.2 Å². The Balaban J connectivity index is 1.66. The number of hydrogen-bond donors (Lipinski definition) is 2. The number of hydrogen-bond acceptors (Lipinski definition) is 4. The van der Waals surface area contributed by atoms with Crippen LogP contribution < -0.4 is 25.0 Å². The molecule has 180 valence electrons. The summed E-state index contributed by atoms with van der Waals surface area (Å²) in [5.41, 5.74) is 4.57. The average Bonchev–Trinajstić information content (AvgIpc) is 2.81. The highest BCUT2D eigenvalue weighted by atomic mass is 32.1. The molecule has 5 rings (SSSR count). The first kappa shape index (κ1) is 23.2. The number of para-hydroxylation sites is 2. The average molecular weight is 488 g/mol. The van der Waals surface area contributed by atoms with Crippen LogP contribution in [0.1, 0.15) is 35.2 Å². The number of thiocarbonyl (C=S) groups is 1. The maximum atomic E-state index is 14.0. The topological polar surface area (TPSA) is 62.8 Å². The van der Waals surface area contributed by atoms with Gasteiger partial charge in [0.15, 0.2) is 22.3 Å². The number of amides is 1. The van der Waals surface area contributed by atoms with Gasteiger partial charge in [0.25, 0.3) is 0 Å². The SMILES string of the molecule is COc1cccc2c1O[C@@]1(C)[C@H](C(=O)Nc3ccc(C)cc3C)[C@H]2NC(=S)N1c1ccccc1C. The Bertz CT molecular complexity index is 1340. The van der Waals surface area contributed by atoms with Crippen molar-refractivity contribution in [2.75, 3.05) is 17.3 Å². The van der Waals surface area contributed by atoms with Gasteiger partial charge in [0.2, 0.25) is 5.91 Å². The van der Waals surface area contributed by atoms with E-state index in [1.54, 1.807) is 7.11 Å². The molecule has 2 bridgehead atoms. The molecule has 7 heteroatoms. The molecule has 6 nitrogen and oxygen atoms in total. The van der Waals surface area contributed by atoms with Crippen molar-refractivity contribution in [3.63, 3.8) is 0 Å². The molecule has 1 amide bonds. The van der Waals surface area contributed by atoms with Gasteiger partial charge >= 0.3 is 0 Å². The summed E-state index contributed by atoms with van der Waals surface area (Å²) in [5.74, 6) is 0.471.